The molecule has 0 aromatic rings. The number of aliphatic hydroxyl groups excluding tert-OH is 2. The number of phosphoric ester groups is 1. The van der Waals surface area contributed by atoms with Crippen molar-refractivity contribution in [1.82, 2.24) is 0 Å². The highest BCUT2D eigenvalue weighted by atomic mass is 31.2. The van der Waals surface area contributed by atoms with Crippen molar-refractivity contribution in [3.63, 3.8) is 0 Å². The summed E-state index contributed by atoms with van der Waals surface area (Å²) in [4.78, 5) is 35.4. The zero-order chi connectivity index (χ0) is 43.2. The third-order valence-corrected chi connectivity index (χ3v) is 10.2. The van der Waals surface area contributed by atoms with Crippen LogP contribution in [0.1, 0.15) is 155 Å². The largest absolute Gasteiger partial charge is 0.472 e. The van der Waals surface area contributed by atoms with E-state index in [1.807, 2.05) is 27.2 Å². The third kappa shape index (κ3) is 40.4. The molecule has 0 saturated heterocycles. The van der Waals surface area contributed by atoms with Crippen LogP contribution in [0.5, 0.6) is 0 Å². The Morgan fingerprint density at radius 1 is 0.621 bits per heavy atom. The molecule has 0 saturated carbocycles. The van der Waals surface area contributed by atoms with Crippen molar-refractivity contribution in [2.24, 2.45) is 0 Å². The van der Waals surface area contributed by atoms with Crippen LogP contribution in [0.15, 0.2) is 60.8 Å². The Morgan fingerprint density at radius 3 is 1.76 bits per heavy atom. The van der Waals surface area contributed by atoms with Crippen molar-refractivity contribution >= 4 is 19.8 Å². The molecule has 0 radical (unpaired) electrons. The number of quaternary nitrogens is 1. The molecule has 0 heterocycles. The maximum atomic E-state index is 12.7. The number of carbonyl (C=O) groups is 2. The Balaban J connectivity index is 4.64. The van der Waals surface area contributed by atoms with Gasteiger partial charge in [-0.05, 0) is 64.2 Å². The van der Waals surface area contributed by atoms with E-state index in [9.17, 15) is 29.3 Å². The quantitative estimate of drug-likeness (QED) is 0.0136. The molecule has 0 aliphatic heterocycles. The summed E-state index contributed by atoms with van der Waals surface area (Å²) in [5.74, 6) is -1.05. The summed E-state index contributed by atoms with van der Waals surface area (Å²) >= 11 is 0. The van der Waals surface area contributed by atoms with Gasteiger partial charge in [0, 0.05) is 12.8 Å². The molecule has 0 aliphatic rings. The summed E-state index contributed by atoms with van der Waals surface area (Å²) in [5, 5.41) is 20.3. The average Bonchev–Trinajstić information content (AvgIpc) is 3.16. The van der Waals surface area contributed by atoms with Crippen LogP contribution in [-0.4, -0.2) is 97.3 Å². The summed E-state index contributed by atoms with van der Waals surface area (Å²) in [7, 11) is 1.33. The van der Waals surface area contributed by atoms with Gasteiger partial charge in [-0.2, -0.15) is 0 Å². The highest BCUT2D eigenvalue weighted by molar-refractivity contribution is 7.47. The van der Waals surface area contributed by atoms with Gasteiger partial charge in [0.1, 0.15) is 19.8 Å². The molecule has 0 aromatic heterocycles. The summed E-state index contributed by atoms with van der Waals surface area (Å²) < 4.78 is 34.1. The molecule has 58 heavy (non-hydrogen) atoms. The third-order valence-electron chi connectivity index (χ3n) is 9.21. The molecule has 0 spiro atoms. The summed E-state index contributed by atoms with van der Waals surface area (Å²) in [6.07, 6.45) is 37.6. The van der Waals surface area contributed by atoms with E-state index in [4.69, 9.17) is 18.5 Å². The molecule has 11 nitrogen and oxygen atoms in total. The Morgan fingerprint density at radius 2 is 1.14 bits per heavy atom. The molecule has 336 valence electrons. The van der Waals surface area contributed by atoms with Crippen molar-refractivity contribution < 1.29 is 52.3 Å². The number of hydrogen-bond donors (Lipinski definition) is 3. The summed E-state index contributed by atoms with van der Waals surface area (Å²) in [6, 6.07) is 0. The van der Waals surface area contributed by atoms with Crippen molar-refractivity contribution in [2.75, 3.05) is 47.5 Å². The monoisotopic (exact) mass is 841 g/mol. The molecule has 1 unspecified atom stereocenters. The minimum atomic E-state index is -4.44. The fraction of sp³-hybridized carbons (Fsp3) is 0.739. The summed E-state index contributed by atoms with van der Waals surface area (Å²) in [5.41, 5.74) is 0. The van der Waals surface area contributed by atoms with Gasteiger partial charge in [0.25, 0.3) is 0 Å². The van der Waals surface area contributed by atoms with Gasteiger partial charge in [-0.3, -0.25) is 18.6 Å². The van der Waals surface area contributed by atoms with Crippen molar-refractivity contribution in [2.45, 2.75) is 173 Å². The predicted octanol–water partition coefficient (Wildman–Crippen LogP) is 10.4. The van der Waals surface area contributed by atoms with Gasteiger partial charge in [-0.25, -0.2) is 4.57 Å². The second-order valence-corrected chi connectivity index (χ2v) is 17.6. The van der Waals surface area contributed by atoms with E-state index in [1.54, 1.807) is 36.5 Å². The van der Waals surface area contributed by atoms with Crippen LogP contribution in [-0.2, 0) is 32.7 Å². The minimum Gasteiger partial charge on any atom is -0.462 e. The first-order valence-corrected chi connectivity index (χ1v) is 23.7. The number of likely N-dealkylation sites (N-methyl/N-ethyl adjacent to an activating group) is 1. The van der Waals surface area contributed by atoms with Gasteiger partial charge in [0.15, 0.2) is 6.10 Å². The van der Waals surface area contributed by atoms with E-state index in [2.05, 4.69) is 32.1 Å². The van der Waals surface area contributed by atoms with Crippen LogP contribution in [0.3, 0.4) is 0 Å². The van der Waals surface area contributed by atoms with Gasteiger partial charge in [0.2, 0.25) is 0 Å². The number of nitrogens with zero attached hydrogens (tertiary/aromatic N) is 1. The molecule has 0 bridgehead atoms. The number of allylic oxidation sites excluding steroid dienone is 7. The van der Waals surface area contributed by atoms with E-state index in [1.165, 1.54) is 57.8 Å². The first-order chi connectivity index (χ1) is 27.8. The average molecular weight is 841 g/mol. The molecule has 4 atom stereocenters. The van der Waals surface area contributed by atoms with Crippen LogP contribution >= 0.6 is 7.82 Å². The standard InChI is InChI=1S/C46H82NO10P/c1-6-8-10-12-14-15-16-17-18-19-20-21-22-24-30-36-46(51)57-44(41-56-58(52,53)55-39-38-47(3,4)5)40-54-45(50)37-31-35-43(49)34-29-26-25-28-33-42(48)32-27-23-13-11-9-7-2/h17-18,23,25-29,33-34,42-44,48-49H,6-16,19-22,24,30-32,35-41H2,1-5H3/p+1/b18-17-,26-25+,27-23-,33-28+,34-29-/t42-,43-,44-/m1/s1. The fourth-order valence-corrected chi connectivity index (χ4v) is 6.35. The number of esters is 2. The molecule has 3 N–H and O–H groups in total. The Bertz CT molecular complexity index is 1210. The Hall–Kier alpha value is -2.37. The number of aliphatic hydroxyl groups is 2. The van der Waals surface area contributed by atoms with E-state index in [0.29, 0.717) is 36.7 Å². The number of hydrogen-bond acceptors (Lipinski definition) is 9. The molecular formula is C46H83NO10P+. The molecule has 0 fully saturated rings. The van der Waals surface area contributed by atoms with Crippen molar-refractivity contribution in [1.29, 1.82) is 0 Å². The first kappa shape index (κ1) is 55.6. The lowest BCUT2D eigenvalue weighted by Crippen LogP contribution is -2.37. The zero-order valence-electron chi connectivity index (χ0n) is 37.0. The maximum Gasteiger partial charge on any atom is 0.472 e. The lowest BCUT2D eigenvalue weighted by Gasteiger charge is -2.24. The number of ether oxygens (including phenoxy) is 2. The van der Waals surface area contributed by atoms with Crippen molar-refractivity contribution in [3.05, 3.63) is 60.8 Å². The molecule has 0 aromatic carbocycles. The van der Waals surface area contributed by atoms with Crippen LogP contribution in [0.4, 0.5) is 0 Å². The first-order valence-electron chi connectivity index (χ1n) is 22.2. The van der Waals surface area contributed by atoms with Crippen LogP contribution in [0, 0.1) is 0 Å². The lowest BCUT2D eigenvalue weighted by atomic mass is 10.1. The van der Waals surface area contributed by atoms with Crippen molar-refractivity contribution in [3.8, 4) is 0 Å². The van der Waals surface area contributed by atoms with Gasteiger partial charge < -0.3 is 29.1 Å². The number of carbonyl (C=O) groups excluding carboxylic acids is 2. The van der Waals surface area contributed by atoms with Gasteiger partial charge in [0.05, 0.1) is 40.0 Å². The van der Waals surface area contributed by atoms with E-state index < -0.39 is 44.7 Å². The molecular weight excluding hydrogens is 757 g/mol. The second-order valence-electron chi connectivity index (χ2n) is 16.1. The topological polar surface area (TPSA) is 149 Å². The number of unbranched alkanes of at least 4 members (excludes halogenated alkanes) is 14. The molecule has 12 heteroatoms. The Kier molecular flexibility index (Phi) is 36.1. The van der Waals surface area contributed by atoms with E-state index >= 15 is 0 Å². The van der Waals surface area contributed by atoms with Gasteiger partial charge >= 0.3 is 19.8 Å². The second kappa shape index (κ2) is 37.6. The minimum absolute atomic E-state index is 0.0118. The molecule has 0 aliphatic carbocycles. The Labute approximate surface area is 352 Å². The van der Waals surface area contributed by atoms with E-state index in [-0.39, 0.29) is 26.1 Å². The SMILES string of the molecule is CCCCC/C=C\C[C@@H](O)/C=C/C=C/C=C\[C@@H](O)CCCC(=O)OC[C@H](COP(=O)(O)OCC[N+](C)(C)C)OC(=O)CCCCCCC/C=C\CCCCCCCC. The highest BCUT2D eigenvalue weighted by Crippen LogP contribution is 2.43. The predicted molar refractivity (Wildman–Crippen MR) is 236 cm³/mol. The van der Waals surface area contributed by atoms with E-state index in [0.717, 1.165) is 44.9 Å². The van der Waals surface area contributed by atoms with Gasteiger partial charge in [-0.1, -0.05) is 139 Å². The molecule has 0 rings (SSSR count). The molecule has 0 amide bonds. The van der Waals surface area contributed by atoms with Crippen LogP contribution in [0.25, 0.3) is 0 Å². The van der Waals surface area contributed by atoms with Gasteiger partial charge in [-0.15, -0.1) is 0 Å². The number of phosphoric acid groups is 1. The normalized spacial score (nSPS) is 15.2. The summed E-state index contributed by atoms with van der Waals surface area (Å²) in [6.45, 7) is 4.05. The van der Waals surface area contributed by atoms with Crippen LogP contribution < -0.4 is 0 Å². The highest BCUT2D eigenvalue weighted by Gasteiger charge is 2.27. The number of rotatable bonds is 39. The zero-order valence-corrected chi connectivity index (χ0v) is 37.9. The smallest absolute Gasteiger partial charge is 0.462 e. The lowest BCUT2D eigenvalue weighted by molar-refractivity contribution is -0.870. The van der Waals surface area contributed by atoms with Crippen LogP contribution in [0.2, 0.25) is 0 Å². The fourth-order valence-electron chi connectivity index (χ4n) is 5.61. The maximum absolute atomic E-state index is 12.7.